The number of nitrogens with two attached hydrogens (primary N) is 1. The molecule has 0 unspecified atom stereocenters. The van der Waals surface area contributed by atoms with E-state index < -0.39 is 0 Å². The molecule has 0 aliphatic carbocycles. The Kier molecular flexibility index (Phi) is 4.85. The number of rotatable bonds is 4. The highest BCUT2D eigenvalue weighted by atomic mass is 79.9. The maximum Gasteiger partial charge on any atom is 0.255 e. The highest BCUT2D eigenvalue weighted by molar-refractivity contribution is 9.10. The van der Waals surface area contributed by atoms with Crippen molar-refractivity contribution in [3.8, 4) is 5.75 Å². The summed E-state index contributed by atoms with van der Waals surface area (Å²) < 4.78 is 5.82. The predicted molar refractivity (Wildman–Crippen MR) is 87.3 cm³/mol. The Bertz CT molecular complexity index is 658. The van der Waals surface area contributed by atoms with E-state index in [4.69, 9.17) is 10.5 Å². The van der Waals surface area contributed by atoms with Crippen LogP contribution in [0.4, 0.5) is 5.69 Å². The van der Waals surface area contributed by atoms with Crippen LogP contribution in [0, 0.1) is 0 Å². The quantitative estimate of drug-likeness (QED) is 0.862. The third-order valence-electron chi connectivity index (χ3n) is 3.16. The van der Waals surface area contributed by atoms with Crippen molar-refractivity contribution in [2.24, 2.45) is 0 Å². The lowest BCUT2D eigenvalue weighted by molar-refractivity contribution is 0.0784. The zero-order valence-corrected chi connectivity index (χ0v) is 13.6. The Labute approximate surface area is 132 Å². The number of carbonyl (C=O) groups is 1. The molecule has 2 N–H and O–H groups in total. The van der Waals surface area contributed by atoms with Crippen LogP contribution in [0.25, 0.3) is 0 Å². The number of amides is 1. The standard InChI is InChI=1S/C16H17BrN2O2/c1-19(10-11-5-3-6-12(9-11)21-2)16(20)13-7-4-8-14(18)15(13)17/h3-9H,10,18H2,1-2H3. The van der Waals surface area contributed by atoms with Gasteiger partial charge in [-0.3, -0.25) is 4.79 Å². The van der Waals surface area contributed by atoms with Gasteiger partial charge in [0.15, 0.2) is 0 Å². The summed E-state index contributed by atoms with van der Waals surface area (Å²) in [7, 11) is 3.38. The Hall–Kier alpha value is -2.01. The van der Waals surface area contributed by atoms with Gasteiger partial charge < -0.3 is 15.4 Å². The number of carbonyl (C=O) groups excluding carboxylic acids is 1. The molecule has 0 fully saturated rings. The van der Waals surface area contributed by atoms with Gasteiger partial charge in [-0.15, -0.1) is 0 Å². The molecule has 110 valence electrons. The van der Waals surface area contributed by atoms with E-state index in [-0.39, 0.29) is 5.91 Å². The van der Waals surface area contributed by atoms with Gasteiger partial charge in [0.2, 0.25) is 0 Å². The van der Waals surface area contributed by atoms with Gasteiger partial charge in [0.05, 0.1) is 17.1 Å². The summed E-state index contributed by atoms with van der Waals surface area (Å²) in [5.74, 6) is 0.690. The summed E-state index contributed by atoms with van der Waals surface area (Å²) in [6, 6.07) is 12.9. The van der Waals surface area contributed by atoms with Gasteiger partial charge in [-0.25, -0.2) is 0 Å². The first-order chi connectivity index (χ1) is 10.0. The van der Waals surface area contributed by atoms with Crippen LogP contribution in [-0.2, 0) is 6.54 Å². The van der Waals surface area contributed by atoms with Gasteiger partial charge in [0.1, 0.15) is 5.75 Å². The van der Waals surface area contributed by atoms with Crippen LogP contribution in [0.2, 0.25) is 0 Å². The molecule has 0 radical (unpaired) electrons. The molecule has 21 heavy (non-hydrogen) atoms. The smallest absolute Gasteiger partial charge is 0.255 e. The van der Waals surface area contributed by atoms with Crippen LogP contribution in [0.15, 0.2) is 46.9 Å². The number of methoxy groups -OCH3 is 1. The Balaban J connectivity index is 2.17. The molecule has 0 spiro atoms. The molecule has 0 aromatic heterocycles. The summed E-state index contributed by atoms with van der Waals surface area (Å²) in [5, 5.41) is 0. The molecule has 2 rings (SSSR count). The van der Waals surface area contributed by atoms with E-state index in [1.807, 2.05) is 24.3 Å². The topological polar surface area (TPSA) is 55.6 Å². The number of halogens is 1. The van der Waals surface area contributed by atoms with Crippen LogP contribution in [0.5, 0.6) is 5.75 Å². The lowest BCUT2D eigenvalue weighted by Gasteiger charge is -2.19. The summed E-state index contributed by atoms with van der Waals surface area (Å²) in [6.07, 6.45) is 0. The van der Waals surface area contributed by atoms with Crippen molar-refractivity contribution in [2.45, 2.75) is 6.54 Å². The molecule has 0 aliphatic heterocycles. The molecule has 0 saturated heterocycles. The molecule has 5 heteroatoms. The second-order valence-electron chi connectivity index (χ2n) is 4.72. The number of ether oxygens (including phenoxy) is 1. The van der Waals surface area contributed by atoms with E-state index in [0.717, 1.165) is 11.3 Å². The van der Waals surface area contributed by atoms with Crippen molar-refractivity contribution in [1.29, 1.82) is 0 Å². The lowest BCUT2D eigenvalue weighted by Crippen LogP contribution is -2.26. The maximum absolute atomic E-state index is 12.5. The highest BCUT2D eigenvalue weighted by Crippen LogP contribution is 2.25. The van der Waals surface area contributed by atoms with Gasteiger partial charge in [0, 0.05) is 19.3 Å². The van der Waals surface area contributed by atoms with Crippen LogP contribution < -0.4 is 10.5 Å². The molecular formula is C16H17BrN2O2. The fraction of sp³-hybridized carbons (Fsp3) is 0.188. The fourth-order valence-electron chi connectivity index (χ4n) is 2.04. The van der Waals surface area contributed by atoms with E-state index in [9.17, 15) is 4.79 Å². The van der Waals surface area contributed by atoms with Crippen LogP contribution in [0.1, 0.15) is 15.9 Å². The highest BCUT2D eigenvalue weighted by Gasteiger charge is 2.16. The van der Waals surface area contributed by atoms with Crippen molar-refractivity contribution >= 4 is 27.5 Å². The van der Waals surface area contributed by atoms with Gasteiger partial charge in [-0.05, 0) is 45.8 Å². The molecule has 2 aromatic carbocycles. The number of nitrogen functional groups attached to an aromatic ring is 1. The number of hydrogen-bond acceptors (Lipinski definition) is 3. The predicted octanol–water partition coefficient (Wildman–Crippen LogP) is 3.31. The van der Waals surface area contributed by atoms with E-state index in [1.165, 1.54) is 0 Å². The zero-order chi connectivity index (χ0) is 15.4. The van der Waals surface area contributed by atoms with Gasteiger partial charge >= 0.3 is 0 Å². The first kappa shape index (κ1) is 15.4. The average molecular weight is 349 g/mol. The van der Waals surface area contributed by atoms with E-state index in [0.29, 0.717) is 22.3 Å². The SMILES string of the molecule is COc1cccc(CN(C)C(=O)c2cccc(N)c2Br)c1. The second kappa shape index (κ2) is 6.63. The third-order valence-corrected chi connectivity index (χ3v) is 4.04. The maximum atomic E-state index is 12.5. The minimum absolute atomic E-state index is 0.0861. The van der Waals surface area contributed by atoms with Gasteiger partial charge in [-0.1, -0.05) is 18.2 Å². The molecule has 1 amide bonds. The van der Waals surface area contributed by atoms with Crippen LogP contribution in [-0.4, -0.2) is 25.0 Å². The largest absolute Gasteiger partial charge is 0.497 e. The van der Waals surface area contributed by atoms with Gasteiger partial charge in [0.25, 0.3) is 5.91 Å². The van der Waals surface area contributed by atoms with Crippen molar-refractivity contribution < 1.29 is 9.53 Å². The van der Waals surface area contributed by atoms with E-state index in [1.54, 1.807) is 37.3 Å². The lowest BCUT2D eigenvalue weighted by atomic mass is 10.1. The first-order valence-corrected chi connectivity index (χ1v) is 7.24. The molecule has 2 aromatic rings. The van der Waals surface area contributed by atoms with Crippen LogP contribution >= 0.6 is 15.9 Å². The number of anilines is 1. The Morgan fingerprint density at radius 2 is 2.00 bits per heavy atom. The molecule has 0 heterocycles. The Morgan fingerprint density at radius 1 is 1.29 bits per heavy atom. The van der Waals surface area contributed by atoms with E-state index >= 15 is 0 Å². The molecule has 0 bridgehead atoms. The number of nitrogens with zero attached hydrogens (tertiary/aromatic N) is 1. The van der Waals surface area contributed by atoms with Crippen molar-refractivity contribution in [3.63, 3.8) is 0 Å². The average Bonchev–Trinajstić information content (AvgIpc) is 2.49. The molecule has 0 aliphatic rings. The second-order valence-corrected chi connectivity index (χ2v) is 5.51. The van der Waals surface area contributed by atoms with Crippen molar-refractivity contribution in [1.82, 2.24) is 4.90 Å². The number of benzene rings is 2. The van der Waals surface area contributed by atoms with Crippen molar-refractivity contribution in [3.05, 3.63) is 58.1 Å². The monoisotopic (exact) mass is 348 g/mol. The minimum atomic E-state index is -0.0861. The summed E-state index contributed by atoms with van der Waals surface area (Å²) >= 11 is 3.36. The Morgan fingerprint density at radius 3 is 2.71 bits per heavy atom. The van der Waals surface area contributed by atoms with Gasteiger partial charge in [-0.2, -0.15) is 0 Å². The van der Waals surface area contributed by atoms with Crippen LogP contribution in [0.3, 0.4) is 0 Å². The summed E-state index contributed by atoms with van der Waals surface area (Å²) in [6.45, 7) is 0.497. The zero-order valence-electron chi connectivity index (χ0n) is 12.0. The minimum Gasteiger partial charge on any atom is -0.497 e. The first-order valence-electron chi connectivity index (χ1n) is 6.45. The van der Waals surface area contributed by atoms with E-state index in [2.05, 4.69) is 15.9 Å². The molecule has 0 saturated carbocycles. The third kappa shape index (κ3) is 3.55. The fourth-order valence-corrected chi connectivity index (χ4v) is 2.47. The summed E-state index contributed by atoms with van der Waals surface area (Å²) in [5.41, 5.74) is 7.93. The van der Waals surface area contributed by atoms with Crippen molar-refractivity contribution in [2.75, 3.05) is 19.9 Å². The normalized spacial score (nSPS) is 10.2. The summed E-state index contributed by atoms with van der Waals surface area (Å²) in [4.78, 5) is 14.1. The molecular weight excluding hydrogens is 332 g/mol. The number of hydrogen-bond donors (Lipinski definition) is 1. The molecule has 4 nitrogen and oxygen atoms in total. The molecule has 0 atom stereocenters.